The van der Waals surface area contributed by atoms with E-state index in [1.54, 1.807) is 0 Å². The van der Waals surface area contributed by atoms with E-state index in [0.717, 1.165) is 0 Å². The number of hydrogen-bond donors (Lipinski definition) is 0. The minimum absolute atomic E-state index is 0.584. The smallest absolute Gasteiger partial charge is 0.189 e. The van der Waals surface area contributed by atoms with Crippen molar-refractivity contribution in [1.29, 1.82) is 0 Å². The van der Waals surface area contributed by atoms with Gasteiger partial charge in [-0.25, -0.2) is 0 Å². The van der Waals surface area contributed by atoms with Crippen LogP contribution in [0.3, 0.4) is 0 Å². The van der Waals surface area contributed by atoms with Gasteiger partial charge < -0.3 is 4.43 Å². The Morgan fingerprint density at radius 1 is 0.938 bits per heavy atom. The van der Waals surface area contributed by atoms with E-state index in [9.17, 15) is 0 Å². The highest BCUT2D eigenvalue weighted by Gasteiger charge is 2.36. The lowest BCUT2D eigenvalue weighted by atomic mass is 10.5. The molecule has 2 atom stereocenters. The lowest BCUT2D eigenvalue weighted by Crippen LogP contribution is -2.49. The van der Waals surface area contributed by atoms with E-state index in [0.29, 0.717) is 5.73 Å². The molecule has 0 amide bonds. The summed E-state index contributed by atoms with van der Waals surface area (Å²) in [6, 6.07) is 3.94. The zero-order chi connectivity index (χ0) is 12.8. The highest BCUT2D eigenvalue weighted by atomic mass is 28.4. The van der Waals surface area contributed by atoms with Crippen molar-refractivity contribution < 1.29 is 4.43 Å². The molecule has 0 heterocycles. The summed E-state index contributed by atoms with van der Waals surface area (Å²) in [6.45, 7) is 16.6. The van der Waals surface area contributed by atoms with Gasteiger partial charge in [0, 0.05) is 5.73 Å². The van der Waals surface area contributed by atoms with Crippen molar-refractivity contribution in [3.8, 4) is 0 Å². The molecule has 0 saturated heterocycles. The standard InChI is InChI=1S/C13H32OSi2/c1-8-12-16(7,11-4)14-13(9-2)15(5,6)10-3/h13H,8-12H2,1-7H3. The second-order valence-corrected chi connectivity index (χ2v) is 15.6. The summed E-state index contributed by atoms with van der Waals surface area (Å²) in [6.07, 6.45) is 2.49. The van der Waals surface area contributed by atoms with Gasteiger partial charge in [-0.05, 0) is 25.1 Å². The quantitative estimate of drug-likeness (QED) is 0.555. The van der Waals surface area contributed by atoms with E-state index in [1.807, 2.05) is 0 Å². The average Bonchev–Trinajstić information content (AvgIpc) is 2.26. The second kappa shape index (κ2) is 6.97. The SMILES string of the molecule is CCC[Si](C)(CC)OC(CC)[Si](C)(C)CC. The van der Waals surface area contributed by atoms with Crippen LogP contribution in [0, 0.1) is 0 Å². The van der Waals surface area contributed by atoms with Crippen LogP contribution >= 0.6 is 0 Å². The van der Waals surface area contributed by atoms with E-state index in [2.05, 4.69) is 47.3 Å². The van der Waals surface area contributed by atoms with Gasteiger partial charge in [0.05, 0.1) is 8.07 Å². The maximum absolute atomic E-state index is 6.63. The van der Waals surface area contributed by atoms with Crippen molar-refractivity contribution in [2.45, 2.75) is 84.0 Å². The molecule has 98 valence electrons. The first-order valence-corrected chi connectivity index (χ1v) is 13.1. The molecule has 3 heteroatoms. The summed E-state index contributed by atoms with van der Waals surface area (Å²) in [7, 11) is -2.55. The van der Waals surface area contributed by atoms with Crippen molar-refractivity contribution in [2.75, 3.05) is 0 Å². The van der Waals surface area contributed by atoms with Crippen molar-refractivity contribution in [3.05, 3.63) is 0 Å². The predicted octanol–water partition coefficient (Wildman–Crippen LogP) is 5.05. The third kappa shape index (κ3) is 4.72. The van der Waals surface area contributed by atoms with Gasteiger partial charge in [-0.15, -0.1) is 0 Å². The Hall–Kier alpha value is 0.394. The molecular weight excluding hydrogens is 228 g/mol. The lowest BCUT2D eigenvalue weighted by molar-refractivity contribution is 0.249. The van der Waals surface area contributed by atoms with Crippen molar-refractivity contribution in [3.63, 3.8) is 0 Å². The molecule has 0 saturated carbocycles. The van der Waals surface area contributed by atoms with Crippen molar-refractivity contribution in [2.24, 2.45) is 0 Å². The van der Waals surface area contributed by atoms with Gasteiger partial charge in [-0.3, -0.25) is 0 Å². The van der Waals surface area contributed by atoms with Crippen LogP contribution in [0.25, 0.3) is 0 Å². The first-order valence-electron chi connectivity index (χ1n) is 7.03. The first-order chi connectivity index (χ1) is 7.35. The highest BCUT2D eigenvalue weighted by Crippen LogP contribution is 2.27. The third-order valence-electron chi connectivity index (χ3n) is 4.11. The van der Waals surface area contributed by atoms with E-state index < -0.39 is 16.4 Å². The fourth-order valence-electron chi connectivity index (χ4n) is 2.21. The Kier molecular flexibility index (Phi) is 7.14. The van der Waals surface area contributed by atoms with Gasteiger partial charge in [0.2, 0.25) is 0 Å². The Balaban J connectivity index is 4.62. The molecule has 0 aliphatic heterocycles. The molecule has 0 aromatic carbocycles. The second-order valence-electron chi connectivity index (χ2n) is 5.91. The predicted molar refractivity (Wildman–Crippen MR) is 80.3 cm³/mol. The summed E-state index contributed by atoms with van der Waals surface area (Å²) in [5.41, 5.74) is 0.584. The fourth-order valence-corrected chi connectivity index (χ4v) is 8.45. The van der Waals surface area contributed by atoms with Crippen molar-refractivity contribution in [1.82, 2.24) is 0 Å². The number of hydrogen-bond acceptors (Lipinski definition) is 1. The van der Waals surface area contributed by atoms with Crippen LogP contribution in [0.1, 0.15) is 40.5 Å². The molecule has 0 rings (SSSR count). The lowest BCUT2D eigenvalue weighted by Gasteiger charge is -2.38. The fraction of sp³-hybridized carbons (Fsp3) is 1.00. The summed E-state index contributed by atoms with van der Waals surface area (Å²) >= 11 is 0. The Labute approximate surface area is 105 Å². The summed E-state index contributed by atoms with van der Waals surface area (Å²) < 4.78 is 6.63. The zero-order valence-corrected chi connectivity index (χ0v) is 14.5. The van der Waals surface area contributed by atoms with Gasteiger partial charge in [0.25, 0.3) is 0 Å². The molecule has 16 heavy (non-hydrogen) atoms. The Morgan fingerprint density at radius 3 is 1.81 bits per heavy atom. The number of rotatable bonds is 8. The van der Waals surface area contributed by atoms with Gasteiger partial charge >= 0.3 is 0 Å². The normalized spacial score (nSPS) is 18.2. The van der Waals surface area contributed by atoms with Crippen LogP contribution in [-0.4, -0.2) is 22.1 Å². The molecule has 0 fully saturated rings. The highest BCUT2D eigenvalue weighted by molar-refractivity contribution is 6.80. The van der Waals surface area contributed by atoms with E-state index in [-0.39, 0.29) is 0 Å². The van der Waals surface area contributed by atoms with Gasteiger partial charge in [0.1, 0.15) is 0 Å². The Bertz CT molecular complexity index is 194. The minimum Gasteiger partial charge on any atom is -0.417 e. The maximum Gasteiger partial charge on any atom is 0.189 e. The van der Waals surface area contributed by atoms with Gasteiger partial charge in [-0.2, -0.15) is 0 Å². The molecule has 0 aliphatic rings. The van der Waals surface area contributed by atoms with Crippen LogP contribution in [0.15, 0.2) is 0 Å². The zero-order valence-electron chi connectivity index (χ0n) is 12.5. The molecule has 0 aliphatic carbocycles. The molecule has 2 unspecified atom stereocenters. The van der Waals surface area contributed by atoms with Gasteiger partial charge in [0.15, 0.2) is 8.32 Å². The van der Waals surface area contributed by atoms with Crippen LogP contribution in [0.2, 0.25) is 37.8 Å². The molecule has 0 aromatic rings. The van der Waals surface area contributed by atoms with Crippen LogP contribution in [-0.2, 0) is 4.43 Å². The van der Waals surface area contributed by atoms with Crippen LogP contribution < -0.4 is 0 Å². The summed E-state index contributed by atoms with van der Waals surface area (Å²) in [4.78, 5) is 0. The van der Waals surface area contributed by atoms with E-state index in [4.69, 9.17) is 4.43 Å². The van der Waals surface area contributed by atoms with Gasteiger partial charge in [-0.1, -0.05) is 53.3 Å². The third-order valence-corrected chi connectivity index (χ3v) is 12.3. The molecule has 0 N–H and O–H groups in total. The largest absolute Gasteiger partial charge is 0.417 e. The van der Waals surface area contributed by atoms with E-state index >= 15 is 0 Å². The van der Waals surface area contributed by atoms with Crippen LogP contribution in [0.5, 0.6) is 0 Å². The molecular formula is C13H32OSi2. The minimum atomic E-state index is -1.40. The maximum atomic E-state index is 6.63. The molecule has 0 aromatic heterocycles. The molecule has 0 radical (unpaired) electrons. The van der Waals surface area contributed by atoms with Crippen LogP contribution in [0.4, 0.5) is 0 Å². The average molecular weight is 261 g/mol. The summed E-state index contributed by atoms with van der Waals surface area (Å²) in [5.74, 6) is 0. The van der Waals surface area contributed by atoms with Crippen molar-refractivity contribution >= 4 is 16.4 Å². The topological polar surface area (TPSA) is 9.23 Å². The first kappa shape index (κ1) is 16.4. The Morgan fingerprint density at radius 2 is 1.50 bits per heavy atom. The monoisotopic (exact) mass is 260 g/mol. The molecule has 1 nitrogen and oxygen atoms in total. The summed E-state index contributed by atoms with van der Waals surface area (Å²) in [5, 5.41) is 0. The molecule has 0 bridgehead atoms. The molecule has 0 spiro atoms. The van der Waals surface area contributed by atoms with E-state index in [1.165, 1.54) is 31.0 Å².